The van der Waals surface area contributed by atoms with Gasteiger partial charge in [-0.2, -0.15) is 0 Å². The lowest BCUT2D eigenvalue weighted by molar-refractivity contribution is -0.132. The molecule has 0 bridgehead atoms. The standard InChI is InChI=1S/C22H29N5O4/c1-3-25(4-2)22(29)18-14-27(24-23-18)17-9-11-26(12-10-17)21(28)8-6-16-5-7-19-20(13-16)31-15-30-19/h5,7,13-14,17H,3-4,6,8-12,15H2,1-2H3. The summed E-state index contributed by atoms with van der Waals surface area (Å²) in [7, 11) is 0. The highest BCUT2D eigenvalue weighted by molar-refractivity contribution is 5.91. The number of benzene rings is 1. The van der Waals surface area contributed by atoms with Crippen LogP contribution in [0, 0.1) is 0 Å². The summed E-state index contributed by atoms with van der Waals surface area (Å²) in [5.74, 6) is 1.57. The molecule has 2 aliphatic rings. The van der Waals surface area contributed by atoms with Crippen LogP contribution in [0.4, 0.5) is 0 Å². The normalized spacial score (nSPS) is 15.9. The molecular weight excluding hydrogens is 398 g/mol. The van der Waals surface area contributed by atoms with Crippen molar-refractivity contribution in [1.29, 1.82) is 0 Å². The zero-order chi connectivity index (χ0) is 21.8. The highest BCUT2D eigenvalue weighted by Crippen LogP contribution is 2.33. The smallest absolute Gasteiger partial charge is 0.276 e. The first kappa shape index (κ1) is 21.1. The maximum atomic E-state index is 12.7. The van der Waals surface area contributed by atoms with Crippen LogP contribution in [-0.4, -0.2) is 69.6 Å². The van der Waals surface area contributed by atoms with Gasteiger partial charge in [0.2, 0.25) is 12.7 Å². The van der Waals surface area contributed by atoms with E-state index in [0.29, 0.717) is 44.7 Å². The maximum Gasteiger partial charge on any atom is 0.276 e. The van der Waals surface area contributed by atoms with Gasteiger partial charge in [-0.05, 0) is 50.8 Å². The van der Waals surface area contributed by atoms with E-state index in [1.807, 2.05) is 36.9 Å². The third-order valence-corrected chi connectivity index (χ3v) is 6.04. The van der Waals surface area contributed by atoms with Crippen LogP contribution in [0.15, 0.2) is 24.4 Å². The molecule has 4 rings (SSSR count). The first-order valence-corrected chi connectivity index (χ1v) is 11.0. The van der Waals surface area contributed by atoms with Gasteiger partial charge in [0.15, 0.2) is 17.2 Å². The van der Waals surface area contributed by atoms with Crippen LogP contribution in [0.2, 0.25) is 0 Å². The summed E-state index contributed by atoms with van der Waals surface area (Å²) < 4.78 is 12.5. The van der Waals surface area contributed by atoms with Crippen molar-refractivity contribution in [3.63, 3.8) is 0 Å². The van der Waals surface area contributed by atoms with Crippen molar-refractivity contribution in [3.8, 4) is 11.5 Å². The Morgan fingerprint density at radius 1 is 1.13 bits per heavy atom. The third-order valence-electron chi connectivity index (χ3n) is 6.04. The fourth-order valence-corrected chi connectivity index (χ4v) is 4.11. The number of fused-ring (bicyclic) bond motifs is 1. The second-order valence-corrected chi connectivity index (χ2v) is 7.86. The monoisotopic (exact) mass is 427 g/mol. The van der Waals surface area contributed by atoms with Crippen molar-refractivity contribution in [2.45, 2.75) is 45.6 Å². The number of aryl methyl sites for hydroxylation is 1. The third kappa shape index (κ3) is 4.65. The quantitative estimate of drug-likeness (QED) is 0.674. The molecule has 0 N–H and O–H groups in total. The average Bonchev–Trinajstić information content (AvgIpc) is 3.48. The number of nitrogens with zero attached hydrogens (tertiary/aromatic N) is 5. The van der Waals surface area contributed by atoms with Gasteiger partial charge in [-0.25, -0.2) is 4.68 Å². The van der Waals surface area contributed by atoms with Crippen molar-refractivity contribution in [2.24, 2.45) is 0 Å². The second-order valence-electron chi connectivity index (χ2n) is 7.86. The topological polar surface area (TPSA) is 89.8 Å². The van der Waals surface area contributed by atoms with Gasteiger partial charge in [-0.15, -0.1) is 5.10 Å². The zero-order valence-electron chi connectivity index (χ0n) is 18.1. The molecule has 3 heterocycles. The summed E-state index contributed by atoms with van der Waals surface area (Å²) in [4.78, 5) is 28.8. The maximum absolute atomic E-state index is 12.7. The molecule has 1 saturated heterocycles. The molecule has 2 aromatic rings. The van der Waals surface area contributed by atoms with Gasteiger partial charge in [-0.1, -0.05) is 11.3 Å². The summed E-state index contributed by atoms with van der Waals surface area (Å²) in [6, 6.07) is 5.98. The largest absolute Gasteiger partial charge is 0.454 e. The van der Waals surface area contributed by atoms with Gasteiger partial charge in [-0.3, -0.25) is 9.59 Å². The van der Waals surface area contributed by atoms with E-state index in [9.17, 15) is 9.59 Å². The molecular formula is C22H29N5O4. The summed E-state index contributed by atoms with van der Waals surface area (Å²) in [6.45, 7) is 6.82. The van der Waals surface area contributed by atoms with Crippen LogP contribution in [-0.2, 0) is 11.2 Å². The minimum atomic E-state index is -0.0904. The van der Waals surface area contributed by atoms with Crippen LogP contribution in [0.25, 0.3) is 0 Å². The summed E-state index contributed by atoms with van der Waals surface area (Å²) in [6.07, 6.45) is 4.49. The molecule has 1 fully saturated rings. The minimum absolute atomic E-state index is 0.0904. The molecule has 2 amide bonds. The number of ether oxygens (including phenoxy) is 2. The Morgan fingerprint density at radius 2 is 1.87 bits per heavy atom. The van der Waals surface area contributed by atoms with E-state index in [1.54, 1.807) is 15.8 Å². The zero-order valence-corrected chi connectivity index (χ0v) is 18.1. The van der Waals surface area contributed by atoms with Gasteiger partial charge < -0.3 is 19.3 Å². The van der Waals surface area contributed by atoms with Crippen LogP contribution < -0.4 is 9.47 Å². The number of hydrogen-bond acceptors (Lipinski definition) is 6. The van der Waals surface area contributed by atoms with E-state index in [1.165, 1.54) is 0 Å². The van der Waals surface area contributed by atoms with Gasteiger partial charge in [0, 0.05) is 32.6 Å². The first-order chi connectivity index (χ1) is 15.1. The number of carbonyl (C=O) groups excluding carboxylic acids is 2. The van der Waals surface area contributed by atoms with Crippen LogP contribution in [0.5, 0.6) is 11.5 Å². The van der Waals surface area contributed by atoms with Gasteiger partial charge >= 0.3 is 0 Å². The van der Waals surface area contributed by atoms with Crippen LogP contribution in [0.1, 0.15) is 55.2 Å². The predicted molar refractivity (Wildman–Crippen MR) is 113 cm³/mol. The second kappa shape index (κ2) is 9.36. The molecule has 0 aliphatic carbocycles. The van der Waals surface area contributed by atoms with E-state index in [4.69, 9.17) is 9.47 Å². The van der Waals surface area contributed by atoms with Crippen LogP contribution in [0.3, 0.4) is 0 Å². The molecule has 0 saturated carbocycles. The van der Waals surface area contributed by atoms with Gasteiger partial charge in [0.1, 0.15) is 0 Å². The van der Waals surface area contributed by atoms with E-state index in [0.717, 1.165) is 29.9 Å². The number of amides is 2. The molecule has 9 nitrogen and oxygen atoms in total. The van der Waals surface area contributed by atoms with Gasteiger partial charge in [0.25, 0.3) is 5.91 Å². The highest BCUT2D eigenvalue weighted by atomic mass is 16.7. The highest BCUT2D eigenvalue weighted by Gasteiger charge is 2.26. The van der Waals surface area contributed by atoms with Crippen molar-refractivity contribution in [3.05, 3.63) is 35.7 Å². The van der Waals surface area contributed by atoms with Crippen molar-refractivity contribution in [2.75, 3.05) is 33.0 Å². The number of carbonyl (C=O) groups is 2. The lowest BCUT2D eigenvalue weighted by Crippen LogP contribution is -2.39. The van der Waals surface area contributed by atoms with E-state index in [-0.39, 0.29) is 24.6 Å². The molecule has 166 valence electrons. The number of likely N-dealkylation sites (tertiary alicyclic amines) is 1. The van der Waals surface area contributed by atoms with Crippen molar-refractivity contribution >= 4 is 11.8 Å². The number of rotatable bonds is 7. The van der Waals surface area contributed by atoms with Crippen LogP contribution >= 0.6 is 0 Å². The molecule has 1 aromatic carbocycles. The Morgan fingerprint density at radius 3 is 2.61 bits per heavy atom. The fourth-order valence-electron chi connectivity index (χ4n) is 4.11. The SMILES string of the molecule is CCN(CC)C(=O)c1cn(C2CCN(C(=O)CCc3ccc4c(c3)OCO4)CC2)nn1. The summed E-state index contributed by atoms with van der Waals surface area (Å²) >= 11 is 0. The predicted octanol–water partition coefficient (Wildman–Crippen LogP) is 2.29. The fraction of sp³-hybridized carbons (Fsp3) is 0.545. The van der Waals surface area contributed by atoms with Gasteiger partial charge in [0.05, 0.1) is 12.2 Å². The molecule has 0 spiro atoms. The van der Waals surface area contributed by atoms with E-state index >= 15 is 0 Å². The van der Waals surface area contributed by atoms with Crippen molar-refractivity contribution < 1.29 is 19.1 Å². The number of piperidine rings is 1. The molecule has 0 unspecified atom stereocenters. The lowest BCUT2D eigenvalue weighted by Gasteiger charge is -2.32. The molecule has 9 heteroatoms. The molecule has 0 radical (unpaired) electrons. The Kier molecular flexibility index (Phi) is 6.39. The number of aromatic nitrogens is 3. The van der Waals surface area contributed by atoms with Crippen molar-refractivity contribution in [1.82, 2.24) is 24.8 Å². The summed E-state index contributed by atoms with van der Waals surface area (Å²) in [5.41, 5.74) is 1.45. The molecule has 1 aromatic heterocycles. The minimum Gasteiger partial charge on any atom is -0.454 e. The number of hydrogen-bond donors (Lipinski definition) is 0. The Bertz CT molecular complexity index is 932. The Balaban J connectivity index is 1.27. The Hall–Kier alpha value is -3.10. The van der Waals surface area contributed by atoms with E-state index < -0.39 is 0 Å². The molecule has 31 heavy (non-hydrogen) atoms. The van der Waals surface area contributed by atoms with E-state index in [2.05, 4.69) is 10.3 Å². The Labute approximate surface area is 181 Å². The molecule has 2 aliphatic heterocycles. The average molecular weight is 428 g/mol. The molecule has 0 atom stereocenters. The lowest BCUT2D eigenvalue weighted by atomic mass is 10.0. The summed E-state index contributed by atoms with van der Waals surface area (Å²) in [5, 5.41) is 8.25. The first-order valence-electron chi connectivity index (χ1n) is 11.0.